The third kappa shape index (κ3) is 5.09. The fourth-order valence-corrected chi connectivity index (χ4v) is 6.21. The third-order valence-electron chi connectivity index (χ3n) is 4.77. The van der Waals surface area contributed by atoms with Crippen molar-refractivity contribution in [3.63, 3.8) is 0 Å². The highest BCUT2D eigenvalue weighted by Gasteiger charge is 2.46. The van der Waals surface area contributed by atoms with E-state index in [0.717, 1.165) is 41.8 Å². The molecule has 1 aliphatic heterocycles. The van der Waals surface area contributed by atoms with Gasteiger partial charge in [0.1, 0.15) is 28.8 Å². The molecule has 4 nitrogen and oxygen atoms in total. The van der Waals surface area contributed by atoms with Gasteiger partial charge in [-0.3, -0.25) is 4.79 Å². The van der Waals surface area contributed by atoms with Gasteiger partial charge in [0.05, 0.1) is 20.3 Å². The van der Waals surface area contributed by atoms with Gasteiger partial charge in [-0.2, -0.15) is 0 Å². The summed E-state index contributed by atoms with van der Waals surface area (Å²) in [6, 6.07) is 14.9. The fourth-order valence-electron chi connectivity index (χ4n) is 3.43. The van der Waals surface area contributed by atoms with Crippen molar-refractivity contribution in [1.29, 1.82) is 0 Å². The highest BCUT2D eigenvalue weighted by molar-refractivity contribution is 7.98. The third-order valence-corrected chi connectivity index (χ3v) is 7.74. The molecule has 0 amide bonds. The maximum absolute atomic E-state index is 13.3. The molecular formula is C23H29O4S+. The Bertz CT molecular complexity index is 772. The van der Waals surface area contributed by atoms with Crippen molar-refractivity contribution in [3.05, 3.63) is 54.1 Å². The van der Waals surface area contributed by atoms with Crippen molar-refractivity contribution < 1.29 is 19.0 Å². The summed E-state index contributed by atoms with van der Waals surface area (Å²) in [5.74, 6) is 4.42. The lowest BCUT2D eigenvalue weighted by Crippen LogP contribution is -2.47. The number of ether oxygens (including phenoxy) is 3. The number of Topliss-reactive ketones (excluding diaryl/α,β-unsaturated/α-hetero) is 1. The maximum Gasteiger partial charge on any atom is 0.215 e. The molecule has 0 bridgehead atoms. The van der Waals surface area contributed by atoms with Gasteiger partial charge in [0.25, 0.3) is 0 Å². The highest BCUT2D eigenvalue weighted by Crippen LogP contribution is 2.32. The number of carbonyl (C=O) groups is 1. The van der Waals surface area contributed by atoms with Crippen LogP contribution in [0.3, 0.4) is 0 Å². The molecule has 1 heterocycles. The molecule has 1 fully saturated rings. The SMILES string of the molecule is COc1ccc(Oc2ccc(C(=O)C([S+]3CCOCC3)C(C)(C)C)cc2)cc1. The minimum atomic E-state index is -0.0736. The van der Waals surface area contributed by atoms with E-state index >= 15 is 0 Å². The summed E-state index contributed by atoms with van der Waals surface area (Å²) in [4.78, 5) is 13.3. The number of benzene rings is 2. The zero-order chi connectivity index (χ0) is 20.1. The Kier molecular flexibility index (Phi) is 6.68. The minimum absolute atomic E-state index is 0.0183. The van der Waals surface area contributed by atoms with Gasteiger partial charge in [-0.1, -0.05) is 20.8 Å². The van der Waals surface area contributed by atoms with E-state index in [1.165, 1.54) is 0 Å². The molecule has 3 rings (SSSR count). The minimum Gasteiger partial charge on any atom is -0.497 e. The van der Waals surface area contributed by atoms with Crippen molar-refractivity contribution in [1.82, 2.24) is 0 Å². The predicted molar refractivity (Wildman–Crippen MR) is 115 cm³/mol. The average molecular weight is 402 g/mol. The number of carbonyl (C=O) groups excluding carboxylic acids is 1. The summed E-state index contributed by atoms with van der Waals surface area (Å²) in [5.41, 5.74) is 0.677. The number of hydrogen-bond acceptors (Lipinski definition) is 4. The van der Waals surface area contributed by atoms with Crippen LogP contribution in [0, 0.1) is 5.41 Å². The Morgan fingerprint density at radius 1 is 0.929 bits per heavy atom. The van der Waals surface area contributed by atoms with Gasteiger partial charge in [-0.25, -0.2) is 0 Å². The number of ketones is 1. The summed E-state index contributed by atoms with van der Waals surface area (Å²) >= 11 is 0. The van der Waals surface area contributed by atoms with Crippen LogP contribution in [0.4, 0.5) is 0 Å². The smallest absolute Gasteiger partial charge is 0.215 e. The molecule has 150 valence electrons. The molecule has 0 N–H and O–H groups in total. The Labute approximate surface area is 170 Å². The van der Waals surface area contributed by atoms with Gasteiger partial charge >= 0.3 is 0 Å². The first-order chi connectivity index (χ1) is 13.4. The number of rotatable bonds is 6. The van der Waals surface area contributed by atoms with E-state index in [0.29, 0.717) is 5.75 Å². The monoisotopic (exact) mass is 401 g/mol. The van der Waals surface area contributed by atoms with Crippen molar-refractivity contribution in [3.8, 4) is 17.2 Å². The molecule has 1 saturated heterocycles. The topological polar surface area (TPSA) is 44.8 Å². The second-order valence-corrected chi connectivity index (χ2v) is 10.3. The second-order valence-electron chi connectivity index (χ2n) is 7.97. The first-order valence-corrected chi connectivity index (χ1v) is 11.2. The molecule has 2 aromatic rings. The Balaban J connectivity index is 1.73. The number of hydrogen-bond donors (Lipinski definition) is 0. The zero-order valence-electron chi connectivity index (χ0n) is 17.1. The van der Waals surface area contributed by atoms with E-state index in [9.17, 15) is 4.79 Å². The summed E-state index contributed by atoms with van der Waals surface area (Å²) in [6.07, 6.45) is 0. The van der Waals surface area contributed by atoms with Crippen molar-refractivity contribution in [2.45, 2.75) is 26.0 Å². The van der Waals surface area contributed by atoms with E-state index < -0.39 is 0 Å². The quantitative estimate of drug-likeness (QED) is 0.518. The standard InChI is InChI=1S/C23H29O4S/c1-23(2,3)22(28-15-13-26-14-16-28)21(24)17-5-7-19(8-6-17)27-20-11-9-18(25-4)10-12-20/h5-12,22H,13-16H2,1-4H3/q+1. The van der Waals surface area contributed by atoms with Crippen LogP contribution in [0.15, 0.2) is 48.5 Å². The van der Waals surface area contributed by atoms with Gasteiger partial charge in [0.15, 0.2) is 5.25 Å². The van der Waals surface area contributed by atoms with Crippen LogP contribution in [-0.4, -0.2) is 42.9 Å². The maximum atomic E-state index is 13.3. The molecule has 5 heteroatoms. The Morgan fingerprint density at radius 3 is 1.93 bits per heavy atom. The van der Waals surface area contributed by atoms with Gasteiger partial charge in [-0.05, 0) is 48.5 Å². The largest absolute Gasteiger partial charge is 0.497 e. The van der Waals surface area contributed by atoms with Crippen LogP contribution in [0.2, 0.25) is 0 Å². The van der Waals surface area contributed by atoms with Crippen molar-refractivity contribution >= 4 is 16.7 Å². The highest BCUT2D eigenvalue weighted by atomic mass is 32.2. The Hall–Kier alpha value is -1.98. The normalized spacial score (nSPS) is 16.4. The van der Waals surface area contributed by atoms with Crippen LogP contribution in [0.5, 0.6) is 17.2 Å². The fraction of sp³-hybridized carbons (Fsp3) is 0.435. The zero-order valence-corrected chi connectivity index (χ0v) is 17.9. The lowest BCUT2D eigenvalue weighted by molar-refractivity contribution is 0.0946. The van der Waals surface area contributed by atoms with Crippen molar-refractivity contribution in [2.75, 3.05) is 31.8 Å². The molecule has 1 atom stereocenters. The lowest BCUT2D eigenvalue weighted by Gasteiger charge is -2.31. The molecule has 0 radical (unpaired) electrons. The summed E-state index contributed by atoms with van der Waals surface area (Å²) in [6.45, 7) is 8.02. The molecule has 28 heavy (non-hydrogen) atoms. The molecular weight excluding hydrogens is 372 g/mol. The Morgan fingerprint density at radius 2 is 1.43 bits per heavy atom. The molecule has 0 saturated carbocycles. The average Bonchev–Trinajstić information content (AvgIpc) is 2.69. The lowest BCUT2D eigenvalue weighted by atomic mass is 9.87. The molecule has 0 aliphatic carbocycles. The molecule has 0 aromatic heterocycles. The van der Waals surface area contributed by atoms with Crippen molar-refractivity contribution in [2.24, 2.45) is 5.41 Å². The molecule has 1 aliphatic rings. The molecule has 1 unspecified atom stereocenters. The molecule has 0 spiro atoms. The van der Waals surface area contributed by atoms with E-state index in [4.69, 9.17) is 14.2 Å². The predicted octanol–water partition coefficient (Wildman–Crippen LogP) is 4.73. The van der Waals surface area contributed by atoms with E-state index in [1.54, 1.807) is 7.11 Å². The van der Waals surface area contributed by atoms with Gasteiger partial charge in [0.2, 0.25) is 5.78 Å². The molecule has 2 aromatic carbocycles. The number of methoxy groups -OCH3 is 1. The van der Waals surface area contributed by atoms with Crippen LogP contribution in [0.25, 0.3) is 0 Å². The van der Waals surface area contributed by atoms with Gasteiger partial charge < -0.3 is 14.2 Å². The van der Waals surface area contributed by atoms with Crippen LogP contribution < -0.4 is 9.47 Å². The summed E-state index contributed by atoms with van der Waals surface area (Å²) in [5, 5.41) is 0.0183. The van der Waals surface area contributed by atoms with E-state index in [-0.39, 0.29) is 27.3 Å². The van der Waals surface area contributed by atoms with Gasteiger partial charge in [-0.15, -0.1) is 0 Å². The summed E-state index contributed by atoms with van der Waals surface area (Å²) in [7, 11) is 1.70. The van der Waals surface area contributed by atoms with E-state index in [1.807, 2.05) is 48.5 Å². The van der Waals surface area contributed by atoms with Gasteiger partial charge in [0, 0.05) is 21.9 Å². The van der Waals surface area contributed by atoms with E-state index in [2.05, 4.69) is 20.8 Å². The second kappa shape index (κ2) is 9.01. The first kappa shape index (κ1) is 20.7. The van der Waals surface area contributed by atoms with Crippen LogP contribution >= 0.6 is 0 Å². The van der Waals surface area contributed by atoms with Crippen LogP contribution in [0.1, 0.15) is 31.1 Å². The summed E-state index contributed by atoms with van der Waals surface area (Å²) < 4.78 is 16.5. The first-order valence-electron chi connectivity index (χ1n) is 9.59. The van der Waals surface area contributed by atoms with Crippen LogP contribution in [-0.2, 0) is 15.6 Å².